The Morgan fingerprint density at radius 3 is 2.95 bits per heavy atom. The van der Waals surface area contributed by atoms with Gasteiger partial charge in [-0.25, -0.2) is 4.79 Å². The van der Waals surface area contributed by atoms with Gasteiger partial charge >= 0.3 is 5.97 Å². The van der Waals surface area contributed by atoms with E-state index in [1.165, 1.54) is 18.6 Å². The number of hydrogen-bond donors (Lipinski definition) is 1. The van der Waals surface area contributed by atoms with E-state index >= 15 is 0 Å². The first-order valence-corrected chi connectivity index (χ1v) is 7.31. The topological polar surface area (TPSA) is 51.2 Å². The van der Waals surface area contributed by atoms with Crippen molar-refractivity contribution in [1.82, 2.24) is 4.37 Å². The number of carbonyl (C=O) groups excluding carboxylic acids is 1. The van der Waals surface area contributed by atoms with Gasteiger partial charge in [-0.15, -0.1) is 0 Å². The van der Waals surface area contributed by atoms with Crippen molar-refractivity contribution >= 4 is 33.4 Å². The second-order valence-corrected chi connectivity index (χ2v) is 5.38. The SMILES string of the molecule is COC(=O)c1cccc(CNc2nsc3ccccc23)c1. The molecule has 106 valence electrons. The summed E-state index contributed by atoms with van der Waals surface area (Å²) in [6.45, 7) is 0.610. The number of anilines is 1. The fraction of sp³-hybridized carbons (Fsp3) is 0.125. The number of ether oxygens (including phenoxy) is 1. The van der Waals surface area contributed by atoms with Crippen molar-refractivity contribution in [3.8, 4) is 0 Å². The zero-order chi connectivity index (χ0) is 14.7. The number of nitrogens with zero attached hydrogens (tertiary/aromatic N) is 1. The molecule has 3 aromatic rings. The lowest BCUT2D eigenvalue weighted by Gasteiger charge is -2.06. The van der Waals surface area contributed by atoms with Crippen LogP contribution in [0.25, 0.3) is 10.1 Å². The van der Waals surface area contributed by atoms with Crippen LogP contribution in [0.2, 0.25) is 0 Å². The quantitative estimate of drug-likeness (QED) is 0.746. The molecular formula is C16H14N2O2S. The van der Waals surface area contributed by atoms with Gasteiger partial charge in [0.1, 0.15) is 5.82 Å². The van der Waals surface area contributed by atoms with E-state index in [0.29, 0.717) is 12.1 Å². The molecule has 21 heavy (non-hydrogen) atoms. The molecule has 1 heterocycles. The van der Waals surface area contributed by atoms with Gasteiger partial charge in [0.05, 0.1) is 17.4 Å². The Kier molecular flexibility index (Phi) is 3.83. The molecule has 0 fully saturated rings. The number of esters is 1. The normalized spacial score (nSPS) is 10.5. The first-order valence-electron chi connectivity index (χ1n) is 6.53. The highest BCUT2D eigenvalue weighted by atomic mass is 32.1. The summed E-state index contributed by atoms with van der Waals surface area (Å²) in [4.78, 5) is 11.5. The summed E-state index contributed by atoms with van der Waals surface area (Å²) in [5.41, 5.74) is 1.56. The Hall–Kier alpha value is -2.40. The molecular weight excluding hydrogens is 284 g/mol. The van der Waals surface area contributed by atoms with Crippen LogP contribution in [-0.4, -0.2) is 17.5 Å². The predicted octanol–water partition coefficient (Wildman–Crippen LogP) is 3.70. The van der Waals surface area contributed by atoms with E-state index in [0.717, 1.165) is 21.5 Å². The Morgan fingerprint density at radius 1 is 1.24 bits per heavy atom. The molecule has 1 aromatic heterocycles. The van der Waals surface area contributed by atoms with Gasteiger partial charge in [-0.05, 0) is 41.4 Å². The molecule has 0 aliphatic rings. The second kappa shape index (κ2) is 5.93. The summed E-state index contributed by atoms with van der Waals surface area (Å²) in [5.74, 6) is 0.551. The van der Waals surface area contributed by atoms with Crippen molar-refractivity contribution in [2.45, 2.75) is 6.54 Å². The Bertz CT molecular complexity index is 783. The molecule has 0 aliphatic heterocycles. The van der Waals surface area contributed by atoms with Crippen LogP contribution in [0.3, 0.4) is 0 Å². The van der Waals surface area contributed by atoms with E-state index in [1.807, 2.05) is 36.4 Å². The van der Waals surface area contributed by atoms with Gasteiger partial charge in [-0.2, -0.15) is 4.37 Å². The van der Waals surface area contributed by atoms with Crippen LogP contribution >= 0.6 is 11.5 Å². The molecule has 0 aliphatic carbocycles. The van der Waals surface area contributed by atoms with Gasteiger partial charge in [0.2, 0.25) is 0 Å². The summed E-state index contributed by atoms with van der Waals surface area (Å²) in [5, 5.41) is 4.43. The van der Waals surface area contributed by atoms with Crippen LogP contribution in [0.5, 0.6) is 0 Å². The summed E-state index contributed by atoms with van der Waals surface area (Å²) in [7, 11) is 1.38. The summed E-state index contributed by atoms with van der Waals surface area (Å²) in [6, 6.07) is 15.5. The number of fused-ring (bicyclic) bond motifs is 1. The first kappa shape index (κ1) is 13.6. The second-order valence-electron chi connectivity index (χ2n) is 4.57. The van der Waals surface area contributed by atoms with Gasteiger partial charge in [0, 0.05) is 11.9 Å². The highest BCUT2D eigenvalue weighted by molar-refractivity contribution is 7.13. The van der Waals surface area contributed by atoms with E-state index in [-0.39, 0.29) is 5.97 Å². The smallest absolute Gasteiger partial charge is 0.337 e. The van der Waals surface area contributed by atoms with E-state index in [4.69, 9.17) is 4.74 Å². The lowest BCUT2D eigenvalue weighted by Crippen LogP contribution is -2.04. The van der Waals surface area contributed by atoms with E-state index in [2.05, 4.69) is 15.8 Å². The number of rotatable bonds is 4. The number of carbonyl (C=O) groups is 1. The van der Waals surface area contributed by atoms with Crippen LogP contribution < -0.4 is 5.32 Å². The molecule has 0 atom stereocenters. The third-order valence-corrected chi connectivity index (χ3v) is 4.01. The van der Waals surface area contributed by atoms with Crippen molar-refractivity contribution in [2.24, 2.45) is 0 Å². The molecule has 0 saturated heterocycles. The zero-order valence-electron chi connectivity index (χ0n) is 11.5. The maximum atomic E-state index is 11.5. The predicted molar refractivity (Wildman–Crippen MR) is 84.7 cm³/mol. The lowest BCUT2D eigenvalue weighted by molar-refractivity contribution is 0.0600. The minimum Gasteiger partial charge on any atom is -0.465 e. The van der Waals surface area contributed by atoms with Gasteiger partial charge in [0.25, 0.3) is 0 Å². The molecule has 0 amide bonds. The van der Waals surface area contributed by atoms with Crippen molar-refractivity contribution in [2.75, 3.05) is 12.4 Å². The van der Waals surface area contributed by atoms with E-state index < -0.39 is 0 Å². The van der Waals surface area contributed by atoms with Crippen LogP contribution in [0.1, 0.15) is 15.9 Å². The fourth-order valence-corrected chi connectivity index (χ4v) is 2.88. The van der Waals surface area contributed by atoms with Gasteiger partial charge < -0.3 is 10.1 Å². The Labute approximate surface area is 126 Å². The largest absolute Gasteiger partial charge is 0.465 e. The average Bonchev–Trinajstić information content (AvgIpc) is 2.95. The van der Waals surface area contributed by atoms with E-state index in [9.17, 15) is 4.79 Å². The molecule has 0 bridgehead atoms. The Morgan fingerprint density at radius 2 is 2.10 bits per heavy atom. The third-order valence-electron chi connectivity index (χ3n) is 3.19. The van der Waals surface area contributed by atoms with Crippen LogP contribution in [0, 0.1) is 0 Å². The highest BCUT2D eigenvalue weighted by Gasteiger charge is 2.07. The minimum absolute atomic E-state index is 0.323. The van der Waals surface area contributed by atoms with Crippen LogP contribution in [0.4, 0.5) is 5.82 Å². The van der Waals surface area contributed by atoms with Crippen LogP contribution in [0.15, 0.2) is 48.5 Å². The van der Waals surface area contributed by atoms with Crippen molar-refractivity contribution < 1.29 is 9.53 Å². The number of benzene rings is 2. The number of nitrogens with one attached hydrogen (secondary N) is 1. The molecule has 3 rings (SSSR count). The van der Waals surface area contributed by atoms with Crippen molar-refractivity contribution in [1.29, 1.82) is 0 Å². The molecule has 5 heteroatoms. The van der Waals surface area contributed by atoms with E-state index in [1.54, 1.807) is 6.07 Å². The maximum absolute atomic E-state index is 11.5. The lowest BCUT2D eigenvalue weighted by atomic mass is 10.1. The molecule has 0 spiro atoms. The summed E-state index contributed by atoms with van der Waals surface area (Å²) < 4.78 is 10.3. The standard InChI is InChI=1S/C16H14N2O2S/c1-20-16(19)12-6-4-5-11(9-12)10-17-15-13-7-2-3-8-14(13)21-18-15/h2-9H,10H2,1H3,(H,17,18). The number of aromatic nitrogens is 1. The molecule has 2 aromatic carbocycles. The first-order chi connectivity index (χ1) is 10.3. The monoisotopic (exact) mass is 298 g/mol. The van der Waals surface area contributed by atoms with Gasteiger partial charge in [0.15, 0.2) is 0 Å². The molecule has 0 saturated carbocycles. The zero-order valence-corrected chi connectivity index (χ0v) is 12.3. The third kappa shape index (κ3) is 2.87. The maximum Gasteiger partial charge on any atom is 0.337 e. The number of hydrogen-bond acceptors (Lipinski definition) is 5. The molecule has 0 unspecified atom stereocenters. The van der Waals surface area contributed by atoms with Crippen molar-refractivity contribution in [3.63, 3.8) is 0 Å². The average molecular weight is 298 g/mol. The summed E-state index contributed by atoms with van der Waals surface area (Å²) >= 11 is 1.47. The molecule has 0 radical (unpaired) electrons. The number of methoxy groups -OCH3 is 1. The minimum atomic E-state index is -0.323. The fourth-order valence-electron chi connectivity index (χ4n) is 2.13. The molecule has 1 N–H and O–H groups in total. The van der Waals surface area contributed by atoms with Crippen LogP contribution in [-0.2, 0) is 11.3 Å². The molecule has 4 nitrogen and oxygen atoms in total. The Balaban J connectivity index is 1.77. The van der Waals surface area contributed by atoms with Gasteiger partial charge in [-0.1, -0.05) is 24.3 Å². The van der Waals surface area contributed by atoms with Crippen molar-refractivity contribution in [3.05, 3.63) is 59.7 Å². The van der Waals surface area contributed by atoms with Gasteiger partial charge in [-0.3, -0.25) is 0 Å². The summed E-state index contributed by atoms with van der Waals surface area (Å²) in [6.07, 6.45) is 0. The highest BCUT2D eigenvalue weighted by Crippen LogP contribution is 2.26.